The molecule has 0 unspecified atom stereocenters. The van der Waals surface area contributed by atoms with E-state index >= 15 is 0 Å². The molecule has 108 valence electrons. The molecule has 3 heteroatoms. The van der Waals surface area contributed by atoms with Gasteiger partial charge in [-0.2, -0.15) is 5.26 Å². The number of nitrogens with zero attached hydrogens (tertiary/aromatic N) is 3. The van der Waals surface area contributed by atoms with Crippen LogP contribution in [0.4, 0.5) is 0 Å². The van der Waals surface area contributed by atoms with Crippen molar-refractivity contribution in [1.82, 2.24) is 9.55 Å². The maximum absolute atomic E-state index is 9.57. The van der Waals surface area contributed by atoms with Crippen LogP contribution in [0.3, 0.4) is 0 Å². The van der Waals surface area contributed by atoms with Gasteiger partial charge in [0.15, 0.2) is 5.82 Å². The van der Waals surface area contributed by atoms with Crippen molar-refractivity contribution in [2.24, 2.45) is 0 Å². The molecule has 0 radical (unpaired) electrons. The number of aromatic nitrogens is 2. The zero-order valence-corrected chi connectivity index (χ0v) is 12.7. The summed E-state index contributed by atoms with van der Waals surface area (Å²) in [6, 6.07) is 18.4. The highest BCUT2D eigenvalue weighted by atomic mass is 15.1. The van der Waals surface area contributed by atoms with Crippen molar-refractivity contribution in [3.8, 4) is 6.07 Å². The van der Waals surface area contributed by atoms with Gasteiger partial charge in [-0.15, -0.1) is 0 Å². The van der Waals surface area contributed by atoms with Gasteiger partial charge in [0.1, 0.15) is 6.07 Å². The first kappa shape index (κ1) is 14.1. The Balaban J connectivity index is 2.15. The Morgan fingerprint density at radius 3 is 2.59 bits per heavy atom. The van der Waals surface area contributed by atoms with E-state index in [0.717, 1.165) is 29.0 Å². The van der Waals surface area contributed by atoms with E-state index in [9.17, 15) is 5.26 Å². The summed E-state index contributed by atoms with van der Waals surface area (Å²) in [7, 11) is 0. The van der Waals surface area contributed by atoms with Crippen molar-refractivity contribution < 1.29 is 0 Å². The Bertz CT molecular complexity index is 877. The Kier molecular flexibility index (Phi) is 3.76. The predicted molar refractivity (Wildman–Crippen MR) is 90.1 cm³/mol. The largest absolute Gasteiger partial charge is 0.324 e. The maximum atomic E-state index is 9.57. The third-order valence-electron chi connectivity index (χ3n) is 3.72. The predicted octanol–water partition coefficient (Wildman–Crippen LogP) is 4.43. The molecule has 0 aliphatic rings. The Labute approximate surface area is 130 Å². The van der Waals surface area contributed by atoms with Crippen molar-refractivity contribution in [1.29, 1.82) is 5.26 Å². The fourth-order valence-electron chi connectivity index (χ4n) is 2.58. The molecule has 0 saturated heterocycles. The smallest absolute Gasteiger partial charge is 0.151 e. The topological polar surface area (TPSA) is 41.6 Å². The SMILES string of the molecule is CCn1c(/C(C#N)=C/c2ccc(C)cc2)nc2ccccc21. The molecular weight excluding hydrogens is 270 g/mol. The fraction of sp³-hybridized carbons (Fsp3) is 0.158. The summed E-state index contributed by atoms with van der Waals surface area (Å²) >= 11 is 0. The summed E-state index contributed by atoms with van der Waals surface area (Å²) in [6.45, 7) is 4.90. The van der Waals surface area contributed by atoms with Crippen LogP contribution in [0.25, 0.3) is 22.7 Å². The zero-order chi connectivity index (χ0) is 15.5. The van der Waals surface area contributed by atoms with Gasteiger partial charge in [-0.3, -0.25) is 0 Å². The third kappa shape index (κ3) is 2.51. The number of hydrogen-bond donors (Lipinski definition) is 0. The summed E-state index contributed by atoms with van der Waals surface area (Å²) in [5, 5.41) is 9.57. The van der Waals surface area contributed by atoms with Crippen LogP contribution >= 0.6 is 0 Å². The Hall–Kier alpha value is -2.86. The van der Waals surface area contributed by atoms with Crippen molar-refractivity contribution in [3.63, 3.8) is 0 Å². The highest BCUT2D eigenvalue weighted by molar-refractivity contribution is 5.90. The molecule has 0 spiro atoms. The molecule has 3 nitrogen and oxygen atoms in total. The van der Waals surface area contributed by atoms with E-state index in [0.29, 0.717) is 5.57 Å². The molecule has 22 heavy (non-hydrogen) atoms. The van der Waals surface area contributed by atoms with Crippen molar-refractivity contribution >= 4 is 22.7 Å². The van der Waals surface area contributed by atoms with Crippen LogP contribution in [0.1, 0.15) is 23.9 Å². The van der Waals surface area contributed by atoms with Crippen LogP contribution in [0, 0.1) is 18.3 Å². The van der Waals surface area contributed by atoms with Gasteiger partial charge >= 0.3 is 0 Å². The third-order valence-corrected chi connectivity index (χ3v) is 3.72. The van der Waals surface area contributed by atoms with Crippen LogP contribution in [0.2, 0.25) is 0 Å². The molecule has 2 aromatic carbocycles. The van der Waals surface area contributed by atoms with Crippen LogP contribution in [0.5, 0.6) is 0 Å². The van der Waals surface area contributed by atoms with Crippen LogP contribution in [-0.2, 0) is 6.54 Å². The van der Waals surface area contributed by atoms with E-state index < -0.39 is 0 Å². The number of aryl methyl sites for hydroxylation is 2. The Morgan fingerprint density at radius 2 is 1.91 bits per heavy atom. The minimum atomic E-state index is 0.585. The van der Waals surface area contributed by atoms with E-state index in [1.807, 2.05) is 54.6 Å². The van der Waals surface area contributed by atoms with Crippen molar-refractivity contribution in [2.75, 3.05) is 0 Å². The van der Waals surface area contributed by atoms with Gasteiger partial charge in [-0.25, -0.2) is 4.98 Å². The Morgan fingerprint density at radius 1 is 1.18 bits per heavy atom. The highest BCUT2D eigenvalue weighted by Crippen LogP contribution is 2.23. The van der Waals surface area contributed by atoms with E-state index in [1.54, 1.807) is 0 Å². The van der Waals surface area contributed by atoms with E-state index in [-0.39, 0.29) is 0 Å². The fourth-order valence-corrected chi connectivity index (χ4v) is 2.58. The molecule has 0 bridgehead atoms. The number of fused-ring (bicyclic) bond motifs is 1. The molecule has 0 N–H and O–H groups in total. The number of allylic oxidation sites excluding steroid dienone is 1. The number of imidazole rings is 1. The molecule has 0 amide bonds. The number of hydrogen-bond acceptors (Lipinski definition) is 2. The summed E-state index contributed by atoms with van der Waals surface area (Å²) in [5.74, 6) is 0.728. The second-order valence-corrected chi connectivity index (χ2v) is 5.25. The lowest BCUT2D eigenvalue weighted by molar-refractivity contribution is 0.775. The van der Waals surface area contributed by atoms with E-state index in [1.165, 1.54) is 5.56 Å². The standard InChI is InChI=1S/C19H17N3/c1-3-22-18-7-5-4-6-17(18)21-19(22)16(13-20)12-15-10-8-14(2)9-11-15/h4-12H,3H2,1-2H3/b16-12+. The van der Waals surface area contributed by atoms with Gasteiger partial charge in [-0.1, -0.05) is 42.0 Å². The van der Waals surface area contributed by atoms with Gasteiger partial charge < -0.3 is 4.57 Å². The minimum absolute atomic E-state index is 0.585. The van der Waals surface area contributed by atoms with Crippen LogP contribution in [0.15, 0.2) is 48.5 Å². The van der Waals surface area contributed by atoms with Crippen LogP contribution < -0.4 is 0 Å². The highest BCUT2D eigenvalue weighted by Gasteiger charge is 2.13. The van der Waals surface area contributed by atoms with Gasteiger partial charge in [0.05, 0.1) is 16.6 Å². The molecule has 0 aliphatic heterocycles. The normalized spacial score (nSPS) is 11.6. The monoisotopic (exact) mass is 287 g/mol. The first-order valence-corrected chi connectivity index (χ1v) is 7.37. The molecule has 3 aromatic rings. The van der Waals surface area contributed by atoms with Crippen LogP contribution in [-0.4, -0.2) is 9.55 Å². The quantitative estimate of drug-likeness (QED) is 0.669. The average molecular weight is 287 g/mol. The summed E-state index contributed by atoms with van der Waals surface area (Å²) < 4.78 is 2.08. The number of nitriles is 1. The minimum Gasteiger partial charge on any atom is -0.324 e. The lowest BCUT2D eigenvalue weighted by Gasteiger charge is -2.05. The molecule has 0 fully saturated rings. The van der Waals surface area contributed by atoms with Gasteiger partial charge in [0.2, 0.25) is 0 Å². The molecule has 0 saturated carbocycles. The van der Waals surface area contributed by atoms with Gasteiger partial charge in [-0.05, 0) is 37.6 Å². The second-order valence-electron chi connectivity index (χ2n) is 5.25. The number of rotatable bonds is 3. The van der Waals surface area contributed by atoms with E-state index in [4.69, 9.17) is 0 Å². The molecular formula is C19H17N3. The molecule has 3 rings (SSSR count). The second kappa shape index (κ2) is 5.87. The van der Waals surface area contributed by atoms with Gasteiger partial charge in [0, 0.05) is 6.54 Å². The van der Waals surface area contributed by atoms with Crippen molar-refractivity contribution in [2.45, 2.75) is 20.4 Å². The summed E-state index contributed by atoms with van der Waals surface area (Å²) in [6.07, 6.45) is 1.90. The first-order valence-electron chi connectivity index (χ1n) is 7.37. The average Bonchev–Trinajstić information content (AvgIpc) is 2.92. The van der Waals surface area contributed by atoms with Gasteiger partial charge in [0.25, 0.3) is 0 Å². The van der Waals surface area contributed by atoms with E-state index in [2.05, 4.69) is 29.5 Å². The lowest BCUT2D eigenvalue weighted by Crippen LogP contribution is -2.00. The molecule has 1 heterocycles. The lowest BCUT2D eigenvalue weighted by atomic mass is 10.1. The number of para-hydroxylation sites is 2. The molecule has 0 aliphatic carbocycles. The molecule has 0 atom stereocenters. The maximum Gasteiger partial charge on any atom is 0.151 e. The molecule has 1 aromatic heterocycles. The number of benzene rings is 2. The first-order chi connectivity index (χ1) is 10.7. The zero-order valence-electron chi connectivity index (χ0n) is 12.7. The summed E-state index contributed by atoms with van der Waals surface area (Å²) in [4.78, 5) is 4.64. The van der Waals surface area contributed by atoms with Crippen molar-refractivity contribution in [3.05, 3.63) is 65.5 Å². The summed E-state index contributed by atoms with van der Waals surface area (Å²) in [5.41, 5.74) is 4.78.